The second-order valence-electron chi connectivity index (χ2n) is 14.4. The number of rotatable bonds is 16. The van der Waals surface area contributed by atoms with Crippen molar-refractivity contribution in [3.63, 3.8) is 0 Å². The van der Waals surface area contributed by atoms with Gasteiger partial charge in [0.2, 0.25) is 5.91 Å². The number of amides is 5. The molecular weight excluding hydrogens is 809 g/mol. The molecule has 5 amide bonds. The van der Waals surface area contributed by atoms with Crippen LogP contribution in [0.15, 0.2) is 36.4 Å². The Bertz CT molecular complexity index is 2290. The minimum atomic E-state index is -0.488. The van der Waals surface area contributed by atoms with Crippen LogP contribution in [0.1, 0.15) is 78.6 Å². The molecular formula is C43H49F2N9O8. The van der Waals surface area contributed by atoms with Gasteiger partial charge in [-0.1, -0.05) is 0 Å². The smallest absolute Gasteiger partial charge is 0.306 e. The van der Waals surface area contributed by atoms with Crippen molar-refractivity contribution < 1.29 is 47.5 Å². The van der Waals surface area contributed by atoms with Crippen molar-refractivity contribution in [2.24, 2.45) is 0 Å². The zero-order chi connectivity index (χ0) is 45.1. The Morgan fingerprint density at radius 2 is 1.10 bits per heavy atom. The number of benzene rings is 2. The second-order valence-corrected chi connectivity index (χ2v) is 14.4. The van der Waals surface area contributed by atoms with Crippen molar-refractivity contribution in [1.29, 1.82) is 0 Å². The highest BCUT2D eigenvalue weighted by molar-refractivity contribution is 6.35. The summed E-state index contributed by atoms with van der Waals surface area (Å²) in [4.78, 5) is 78.2. The number of H-pyrrole nitrogens is 2. The van der Waals surface area contributed by atoms with Gasteiger partial charge >= 0.3 is 5.97 Å². The van der Waals surface area contributed by atoms with Crippen LogP contribution in [-0.2, 0) is 23.9 Å². The average molecular weight is 858 g/mol. The summed E-state index contributed by atoms with van der Waals surface area (Å²) in [7, 11) is 1.34. The topological polar surface area (TPSA) is 248 Å². The molecule has 0 aliphatic carbocycles. The van der Waals surface area contributed by atoms with E-state index in [4.69, 9.17) is 5.21 Å². The van der Waals surface area contributed by atoms with Crippen LogP contribution in [0.3, 0.4) is 0 Å². The van der Waals surface area contributed by atoms with E-state index >= 15 is 0 Å². The van der Waals surface area contributed by atoms with Gasteiger partial charge in [0.15, 0.2) is 0 Å². The maximum atomic E-state index is 13.7. The maximum absolute atomic E-state index is 13.7. The SMILES string of the molecule is COC(=O)CCNCCNC(=O)c1c(C)[nH]c(/C=C2\C(=O)Nc3ccc(F)cc32)c1C.Cc1[nH]c(/C=C2\C(=O)Nc3ccc(F)cc32)c(C)c1C(=O)NCCNCCC(=O)NO. The lowest BCUT2D eigenvalue weighted by molar-refractivity contribution is -0.140. The normalized spacial score (nSPS) is 13.8. The van der Waals surface area contributed by atoms with Crippen LogP contribution in [0, 0.1) is 39.3 Å². The highest BCUT2D eigenvalue weighted by atomic mass is 19.1. The number of fused-ring (bicyclic) bond motifs is 2. The van der Waals surface area contributed by atoms with E-state index in [-0.39, 0.29) is 42.4 Å². The molecule has 0 unspecified atom stereocenters. The summed E-state index contributed by atoms with van der Waals surface area (Å²) in [6.45, 7) is 9.62. The third-order valence-corrected chi connectivity index (χ3v) is 10.1. The van der Waals surface area contributed by atoms with E-state index < -0.39 is 17.5 Å². The lowest BCUT2D eigenvalue weighted by atomic mass is 10.0. The summed E-state index contributed by atoms with van der Waals surface area (Å²) in [5.74, 6) is -2.82. The number of aromatic nitrogens is 2. The van der Waals surface area contributed by atoms with Crippen molar-refractivity contribution in [3.8, 4) is 0 Å². The van der Waals surface area contributed by atoms with Gasteiger partial charge in [0, 0.05) is 91.0 Å². The molecule has 4 heterocycles. The Hall–Kier alpha value is -6.96. The predicted molar refractivity (Wildman–Crippen MR) is 228 cm³/mol. The summed E-state index contributed by atoms with van der Waals surface area (Å²) in [6, 6.07) is 8.22. The first kappa shape index (κ1) is 46.1. The number of ether oxygens (including phenoxy) is 1. The fourth-order valence-corrected chi connectivity index (χ4v) is 6.92. The summed E-state index contributed by atoms with van der Waals surface area (Å²) in [5, 5.41) is 25.5. The second kappa shape index (κ2) is 21.0. The van der Waals surface area contributed by atoms with Crippen LogP contribution >= 0.6 is 0 Å². The van der Waals surface area contributed by atoms with Crippen molar-refractivity contribution in [3.05, 3.63) is 104 Å². The van der Waals surface area contributed by atoms with Gasteiger partial charge < -0.3 is 46.6 Å². The minimum absolute atomic E-state index is 0.124. The van der Waals surface area contributed by atoms with Gasteiger partial charge in [-0.25, -0.2) is 14.3 Å². The quantitative estimate of drug-likeness (QED) is 0.0258. The third kappa shape index (κ3) is 11.2. The number of aromatic amines is 2. The number of hydroxylamine groups is 1. The predicted octanol–water partition coefficient (Wildman–Crippen LogP) is 3.62. The van der Waals surface area contributed by atoms with E-state index in [0.29, 0.717) is 118 Å². The third-order valence-electron chi connectivity index (χ3n) is 10.1. The molecule has 0 radical (unpaired) electrons. The number of nitrogens with one attached hydrogen (secondary N) is 9. The minimum Gasteiger partial charge on any atom is -0.469 e. The first-order valence-corrected chi connectivity index (χ1v) is 19.6. The zero-order valence-corrected chi connectivity index (χ0v) is 34.8. The van der Waals surface area contributed by atoms with Crippen LogP contribution in [0.4, 0.5) is 20.2 Å². The molecule has 10 N–H and O–H groups in total. The fraction of sp³-hybridized carbons (Fsp3) is 0.302. The van der Waals surface area contributed by atoms with Gasteiger partial charge in [0.1, 0.15) is 11.6 Å². The summed E-state index contributed by atoms with van der Waals surface area (Å²) in [5.41, 5.74) is 9.12. The first-order valence-electron chi connectivity index (χ1n) is 19.6. The standard InChI is InChI=1S/C22H25FN4O4.C21H24FN5O4/c1-12-18(11-16-15-10-14(23)4-5-17(15)27-21(16)29)26-13(2)20(12)22(30)25-9-8-24-7-6-19(28)31-3;1-11-17(10-15-14-9-13(22)3-4-16(14)26-20(15)29)25-12(2)19(11)21(30)24-8-7-23-6-5-18(28)27-31/h4-5,10-11,24,26H,6-9H2,1-3H3,(H,25,30)(H,27,29);3-4,9-10,23,25,31H,5-8H2,1-2H3,(H,24,30)(H,26,29)(H,27,28)/b16-11-;15-10-. The largest absolute Gasteiger partial charge is 0.469 e. The molecule has 2 aromatic carbocycles. The van der Waals surface area contributed by atoms with Gasteiger partial charge in [-0.3, -0.25) is 34.0 Å². The summed E-state index contributed by atoms with van der Waals surface area (Å²) < 4.78 is 31.9. The van der Waals surface area contributed by atoms with E-state index in [1.54, 1.807) is 45.3 Å². The molecule has 6 rings (SSSR count). The molecule has 0 spiro atoms. The zero-order valence-electron chi connectivity index (χ0n) is 34.8. The van der Waals surface area contributed by atoms with Crippen molar-refractivity contribution in [2.75, 3.05) is 57.0 Å². The van der Waals surface area contributed by atoms with Gasteiger partial charge in [-0.15, -0.1) is 0 Å². The van der Waals surface area contributed by atoms with Crippen LogP contribution in [-0.4, -0.2) is 97.1 Å². The molecule has 2 aliphatic heterocycles. The number of hydrogen-bond acceptors (Lipinski definition) is 10. The Labute approximate surface area is 355 Å². The van der Waals surface area contributed by atoms with Gasteiger partial charge in [0.05, 0.1) is 35.8 Å². The van der Waals surface area contributed by atoms with Crippen molar-refractivity contribution in [1.82, 2.24) is 36.7 Å². The van der Waals surface area contributed by atoms with Crippen LogP contribution in [0.25, 0.3) is 23.3 Å². The average Bonchev–Trinajstić information content (AvgIpc) is 3.91. The van der Waals surface area contributed by atoms with Crippen LogP contribution < -0.4 is 37.4 Å². The highest BCUT2D eigenvalue weighted by Crippen LogP contribution is 2.36. The lowest BCUT2D eigenvalue weighted by Gasteiger charge is -2.07. The van der Waals surface area contributed by atoms with E-state index in [0.717, 1.165) is 0 Å². The van der Waals surface area contributed by atoms with Crippen molar-refractivity contribution in [2.45, 2.75) is 40.5 Å². The van der Waals surface area contributed by atoms with E-state index in [2.05, 4.69) is 46.6 Å². The fourth-order valence-electron chi connectivity index (χ4n) is 6.92. The number of hydrogen-bond donors (Lipinski definition) is 10. The van der Waals surface area contributed by atoms with Crippen molar-refractivity contribution >= 4 is 70.2 Å². The first-order chi connectivity index (χ1) is 29.6. The summed E-state index contributed by atoms with van der Waals surface area (Å²) in [6.07, 6.45) is 3.64. The number of carbonyl (C=O) groups excluding carboxylic acids is 6. The Kier molecular flexibility index (Phi) is 15.6. The molecule has 2 aromatic heterocycles. The molecule has 17 nitrogen and oxygen atoms in total. The molecule has 4 aromatic rings. The molecule has 0 fully saturated rings. The Morgan fingerprint density at radius 3 is 1.52 bits per heavy atom. The van der Waals surface area contributed by atoms with Gasteiger partial charge in [-0.05, 0) is 87.4 Å². The van der Waals surface area contributed by atoms with E-state index in [1.165, 1.54) is 43.5 Å². The summed E-state index contributed by atoms with van der Waals surface area (Å²) >= 11 is 0. The molecule has 0 atom stereocenters. The van der Waals surface area contributed by atoms with Gasteiger partial charge in [-0.2, -0.15) is 0 Å². The molecule has 0 saturated carbocycles. The molecule has 62 heavy (non-hydrogen) atoms. The molecule has 19 heteroatoms. The van der Waals surface area contributed by atoms with E-state index in [1.807, 2.05) is 0 Å². The number of carbonyl (C=O) groups is 6. The van der Waals surface area contributed by atoms with Gasteiger partial charge in [0.25, 0.3) is 23.6 Å². The molecule has 0 bridgehead atoms. The highest BCUT2D eigenvalue weighted by Gasteiger charge is 2.28. The van der Waals surface area contributed by atoms with Crippen LogP contribution in [0.5, 0.6) is 0 Å². The Balaban J connectivity index is 0.000000234. The number of methoxy groups -OCH3 is 1. The monoisotopic (exact) mass is 857 g/mol. The molecule has 0 saturated heterocycles. The Morgan fingerprint density at radius 1 is 0.661 bits per heavy atom. The molecule has 328 valence electrons. The van der Waals surface area contributed by atoms with Crippen LogP contribution in [0.2, 0.25) is 0 Å². The lowest BCUT2D eigenvalue weighted by Crippen LogP contribution is -2.33. The number of esters is 1. The number of aryl methyl sites for hydroxylation is 2. The van der Waals surface area contributed by atoms with E-state index in [9.17, 15) is 37.5 Å². The molecule has 2 aliphatic rings. The maximum Gasteiger partial charge on any atom is 0.306 e. The number of anilines is 2. The number of halogens is 2.